The quantitative estimate of drug-likeness (QED) is 0.401. The van der Waals surface area contributed by atoms with Crippen LogP contribution in [0.1, 0.15) is 102 Å². The fourth-order valence-corrected chi connectivity index (χ4v) is 6.24. The zero-order valence-corrected chi connectivity index (χ0v) is 19.3. The van der Waals surface area contributed by atoms with Crippen molar-refractivity contribution in [3.63, 3.8) is 0 Å². The summed E-state index contributed by atoms with van der Waals surface area (Å²) < 4.78 is 35.1. The molecule has 0 aliphatic heterocycles. The first-order chi connectivity index (χ1) is 15.2. The fourth-order valence-electron chi connectivity index (χ4n) is 6.24. The zero-order valence-electron chi connectivity index (χ0n) is 19.3. The van der Waals surface area contributed by atoms with Crippen molar-refractivity contribution in [1.29, 1.82) is 0 Å². The third kappa shape index (κ3) is 5.71. The average Bonchev–Trinajstić information content (AvgIpc) is 3.33. The van der Waals surface area contributed by atoms with E-state index in [9.17, 15) is 8.78 Å². The van der Waals surface area contributed by atoms with Crippen molar-refractivity contribution in [3.05, 3.63) is 35.4 Å². The standard InChI is InChI=1S/C28H40F2O/c1-2-3-6-20-9-11-22(12-10-20)23-13-15-24(16-14-23)25-17-18-26(28(30)27(25)29)31-19-21-7-4-5-8-21/h15,17-18,20-23H,2-14,16,19H2,1H3. The van der Waals surface area contributed by atoms with Gasteiger partial charge in [-0.1, -0.05) is 57.9 Å². The molecule has 3 aliphatic carbocycles. The van der Waals surface area contributed by atoms with E-state index in [-0.39, 0.29) is 5.75 Å². The summed E-state index contributed by atoms with van der Waals surface area (Å²) in [5.74, 6) is 1.50. The molecule has 4 rings (SSSR count). The van der Waals surface area contributed by atoms with Gasteiger partial charge in [0.1, 0.15) is 0 Å². The molecule has 0 amide bonds. The highest BCUT2D eigenvalue weighted by molar-refractivity contribution is 5.67. The average molecular weight is 431 g/mol. The molecule has 1 unspecified atom stereocenters. The van der Waals surface area contributed by atoms with Gasteiger partial charge in [-0.3, -0.25) is 0 Å². The van der Waals surface area contributed by atoms with Crippen molar-refractivity contribution in [2.75, 3.05) is 6.61 Å². The van der Waals surface area contributed by atoms with E-state index in [4.69, 9.17) is 4.74 Å². The van der Waals surface area contributed by atoms with Gasteiger partial charge in [0.05, 0.1) is 6.61 Å². The maximum atomic E-state index is 14.8. The summed E-state index contributed by atoms with van der Waals surface area (Å²) in [4.78, 5) is 0. The van der Waals surface area contributed by atoms with Gasteiger partial charge in [0, 0.05) is 5.56 Å². The Kier molecular flexibility index (Phi) is 8.07. The van der Waals surface area contributed by atoms with Crippen LogP contribution < -0.4 is 4.74 Å². The largest absolute Gasteiger partial charge is 0.490 e. The number of unbranched alkanes of at least 4 members (excludes halogenated alkanes) is 1. The van der Waals surface area contributed by atoms with Crippen LogP contribution >= 0.6 is 0 Å². The molecule has 1 nitrogen and oxygen atoms in total. The monoisotopic (exact) mass is 430 g/mol. The lowest BCUT2D eigenvalue weighted by molar-refractivity contribution is 0.188. The lowest BCUT2D eigenvalue weighted by Crippen LogP contribution is -2.23. The van der Waals surface area contributed by atoms with Gasteiger partial charge in [0.2, 0.25) is 5.82 Å². The molecule has 1 aromatic rings. The summed E-state index contributed by atoms with van der Waals surface area (Å²) in [7, 11) is 0. The Balaban J connectivity index is 1.32. The maximum absolute atomic E-state index is 14.8. The summed E-state index contributed by atoms with van der Waals surface area (Å²) in [5, 5.41) is 0. The SMILES string of the molecule is CCCCC1CCC(C2CC=C(c3ccc(OCC4CCCC4)c(F)c3F)CC2)CC1. The van der Waals surface area contributed by atoms with Crippen molar-refractivity contribution in [3.8, 4) is 5.75 Å². The highest BCUT2D eigenvalue weighted by Crippen LogP contribution is 2.43. The van der Waals surface area contributed by atoms with Crippen LogP contribution in [-0.2, 0) is 0 Å². The van der Waals surface area contributed by atoms with Crippen LogP contribution in [0.15, 0.2) is 18.2 Å². The Morgan fingerprint density at radius 1 is 0.871 bits per heavy atom. The molecule has 2 fully saturated rings. The number of allylic oxidation sites excluding steroid dienone is 2. The van der Waals surface area contributed by atoms with E-state index in [0.717, 1.165) is 55.4 Å². The maximum Gasteiger partial charge on any atom is 0.201 e. The van der Waals surface area contributed by atoms with Crippen LogP contribution in [0.4, 0.5) is 8.78 Å². The van der Waals surface area contributed by atoms with Gasteiger partial charge in [-0.2, -0.15) is 4.39 Å². The van der Waals surface area contributed by atoms with E-state index < -0.39 is 11.6 Å². The first kappa shape index (κ1) is 22.8. The molecule has 0 saturated heterocycles. The number of benzene rings is 1. The minimum absolute atomic E-state index is 0.0715. The summed E-state index contributed by atoms with van der Waals surface area (Å²) in [6, 6.07) is 3.36. The van der Waals surface area contributed by atoms with E-state index in [1.54, 1.807) is 12.1 Å². The van der Waals surface area contributed by atoms with Gasteiger partial charge in [-0.05, 0) is 86.3 Å². The van der Waals surface area contributed by atoms with Crippen LogP contribution in [-0.4, -0.2) is 6.61 Å². The molecule has 0 heterocycles. The number of rotatable bonds is 8. The van der Waals surface area contributed by atoms with Crippen molar-refractivity contribution in [2.45, 2.75) is 96.8 Å². The Bertz CT molecular complexity index is 742. The third-order valence-electron chi connectivity index (χ3n) is 8.32. The lowest BCUT2D eigenvalue weighted by Gasteiger charge is -2.35. The number of halogens is 2. The fraction of sp³-hybridized carbons (Fsp3) is 0.714. The Morgan fingerprint density at radius 2 is 1.65 bits per heavy atom. The van der Waals surface area contributed by atoms with E-state index in [2.05, 4.69) is 13.0 Å². The molecular weight excluding hydrogens is 390 g/mol. The Labute approximate surface area is 187 Å². The smallest absolute Gasteiger partial charge is 0.201 e. The Hall–Kier alpha value is -1.38. The van der Waals surface area contributed by atoms with E-state index >= 15 is 0 Å². The normalized spacial score (nSPS) is 27.3. The molecule has 172 valence electrons. The molecule has 0 N–H and O–H groups in total. The molecule has 31 heavy (non-hydrogen) atoms. The second kappa shape index (κ2) is 11.0. The molecule has 0 spiro atoms. The molecule has 0 aromatic heterocycles. The highest BCUT2D eigenvalue weighted by Gasteiger charge is 2.29. The van der Waals surface area contributed by atoms with Crippen LogP contribution in [0.5, 0.6) is 5.75 Å². The number of hydrogen-bond acceptors (Lipinski definition) is 1. The first-order valence-corrected chi connectivity index (χ1v) is 13.0. The minimum atomic E-state index is -0.816. The van der Waals surface area contributed by atoms with Crippen molar-refractivity contribution in [1.82, 2.24) is 0 Å². The molecule has 3 aliphatic rings. The van der Waals surface area contributed by atoms with Crippen LogP contribution in [0.3, 0.4) is 0 Å². The van der Waals surface area contributed by atoms with Gasteiger partial charge in [-0.15, -0.1) is 0 Å². The molecule has 1 atom stereocenters. The minimum Gasteiger partial charge on any atom is -0.490 e. The van der Waals surface area contributed by atoms with Crippen LogP contribution in [0.25, 0.3) is 5.57 Å². The lowest BCUT2D eigenvalue weighted by atomic mass is 9.70. The third-order valence-corrected chi connectivity index (χ3v) is 8.32. The highest BCUT2D eigenvalue weighted by atomic mass is 19.2. The second-order valence-corrected chi connectivity index (χ2v) is 10.4. The van der Waals surface area contributed by atoms with Gasteiger partial charge >= 0.3 is 0 Å². The topological polar surface area (TPSA) is 9.23 Å². The molecule has 0 radical (unpaired) electrons. The molecular formula is C28H40F2O. The molecule has 0 bridgehead atoms. The van der Waals surface area contributed by atoms with Gasteiger partial charge in [0.25, 0.3) is 0 Å². The van der Waals surface area contributed by atoms with E-state index in [0.29, 0.717) is 18.1 Å². The van der Waals surface area contributed by atoms with Crippen molar-refractivity contribution < 1.29 is 13.5 Å². The van der Waals surface area contributed by atoms with Crippen LogP contribution in [0, 0.1) is 35.3 Å². The van der Waals surface area contributed by atoms with Crippen molar-refractivity contribution >= 4 is 5.57 Å². The van der Waals surface area contributed by atoms with Gasteiger partial charge < -0.3 is 4.74 Å². The van der Waals surface area contributed by atoms with Gasteiger partial charge in [-0.25, -0.2) is 4.39 Å². The number of ether oxygens (including phenoxy) is 1. The summed E-state index contributed by atoms with van der Waals surface area (Å²) >= 11 is 0. The first-order valence-electron chi connectivity index (χ1n) is 13.0. The summed E-state index contributed by atoms with van der Waals surface area (Å²) in [6.45, 7) is 2.78. The second-order valence-electron chi connectivity index (χ2n) is 10.4. The predicted molar refractivity (Wildman–Crippen MR) is 124 cm³/mol. The summed E-state index contributed by atoms with van der Waals surface area (Å²) in [5.41, 5.74) is 1.42. The molecule has 3 heteroatoms. The van der Waals surface area contributed by atoms with Gasteiger partial charge in [0.15, 0.2) is 11.6 Å². The van der Waals surface area contributed by atoms with Crippen LogP contribution in [0.2, 0.25) is 0 Å². The van der Waals surface area contributed by atoms with E-state index in [1.807, 2.05) is 0 Å². The molecule has 1 aromatic carbocycles. The summed E-state index contributed by atoms with van der Waals surface area (Å²) in [6.07, 6.45) is 19.5. The predicted octanol–water partition coefficient (Wildman–Crippen LogP) is 8.71. The zero-order chi connectivity index (χ0) is 21.6. The van der Waals surface area contributed by atoms with E-state index in [1.165, 1.54) is 57.8 Å². The van der Waals surface area contributed by atoms with Crippen molar-refractivity contribution in [2.24, 2.45) is 23.7 Å². The molecule has 2 saturated carbocycles. The number of hydrogen-bond donors (Lipinski definition) is 0. The Morgan fingerprint density at radius 3 is 2.32 bits per heavy atom.